The number of carbonyl (C=O) groups is 1. The average molecular weight is 390 g/mol. The molecule has 0 heterocycles. The first-order valence-corrected chi connectivity index (χ1v) is 8.16. The third-order valence-electron chi connectivity index (χ3n) is 4.16. The predicted octanol–water partition coefficient (Wildman–Crippen LogP) is 4.74. The van der Waals surface area contributed by atoms with Crippen LogP contribution in [-0.2, 0) is 15.1 Å². The van der Waals surface area contributed by atoms with Gasteiger partial charge in [0.2, 0.25) is 0 Å². The second-order valence-corrected chi connectivity index (χ2v) is 8.03. The van der Waals surface area contributed by atoms with Crippen LogP contribution in [0.5, 0.6) is 0 Å². The first kappa shape index (κ1) is 15.7. The molecule has 0 bridgehead atoms. The maximum Gasteiger partial charge on any atom is 0.322 e. The molecule has 1 atom stereocenters. The largest absolute Gasteiger partial charge is 0.453 e. The standard InChI is InChI=1S/C16H20FIO2/c1-3-15(2,18)14(19)20-16(10-4-5-11-16)12-6-8-13(17)9-7-12/h6-9H,3-5,10-11H2,1-2H3. The Bertz CT molecular complexity index is 476. The molecule has 1 aromatic carbocycles. The molecule has 1 aliphatic carbocycles. The molecule has 110 valence electrons. The summed E-state index contributed by atoms with van der Waals surface area (Å²) in [7, 11) is 0. The van der Waals surface area contributed by atoms with Gasteiger partial charge in [-0.1, -0.05) is 41.6 Å². The Kier molecular flexibility index (Phi) is 4.72. The molecule has 1 saturated carbocycles. The molecule has 0 spiro atoms. The lowest BCUT2D eigenvalue weighted by Crippen LogP contribution is -2.38. The maximum atomic E-state index is 13.1. The molecule has 0 aliphatic heterocycles. The molecule has 1 unspecified atom stereocenters. The lowest BCUT2D eigenvalue weighted by molar-refractivity contribution is -0.162. The van der Waals surface area contributed by atoms with E-state index < -0.39 is 9.02 Å². The van der Waals surface area contributed by atoms with E-state index in [-0.39, 0.29) is 11.8 Å². The summed E-state index contributed by atoms with van der Waals surface area (Å²) in [4.78, 5) is 12.4. The van der Waals surface area contributed by atoms with Crippen LogP contribution >= 0.6 is 22.6 Å². The van der Waals surface area contributed by atoms with E-state index >= 15 is 0 Å². The summed E-state index contributed by atoms with van der Waals surface area (Å²) in [6, 6.07) is 6.35. The van der Waals surface area contributed by atoms with Crippen LogP contribution in [0.15, 0.2) is 24.3 Å². The fourth-order valence-electron chi connectivity index (χ4n) is 2.58. The van der Waals surface area contributed by atoms with Gasteiger partial charge in [-0.05, 0) is 56.7 Å². The summed E-state index contributed by atoms with van der Waals surface area (Å²) in [5, 5.41) is 0. The van der Waals surface area contributed by atoms with Gasteiger partial charge in [-0.3, -0.25) is 4.79 Å². The minimum absolute atomic E-state index is 0.174. The normalized spacial score (nSPS) is 20.4. The zero-order valence-electron chi connectivity index (χ0n) is 11.9. The third kappa shape index (κ3) is 3.15. The van der Waals surface area contributed by atoms with E-state index in [1.54, 1.807) is 12.1 Å². The molecule has 2 rings (SSSR count). The van der Waals surface area contributed by atoms with Crippen molar-refractivity contribution in [2.75, 3.05) is 0 Å². The Balaban J connectivity index is 2.27. The van der Waals surface area contributed by atoms with Crippen molar-refractivity contribution in [1.29, 1.82) is 0 Å². The topological polar surface area (TPSA) is 26.3 Å². The van der Waals surface area contributed by atoms with E-state index in [1.807, 2.05) is 13.8 Å². The van der Waals surface area contributed by atoms with E-state index in [4.69, 9.17) is 4.74 Å². The molecule has 1 aliphatic rings. The SMILES string of the molecule is CCC(C)(I)C(=O)OC1(c2ccc(F)cc2)CCCC1. The number of rotatable bonds is 4. The fourth-order valence-corrected chi connectivity index (χ4v) is 2.69. The van der Waals surface area contributed by atoms with Crippen molar-refractivity contribution >= 4 is 28.6 Å². The number of carbonyl (C=O) groups excluding carboxylic acids is 1. The second kappa shape index (κ2) is 6.00. The van der Waals surface area contributed by atoms with Gasteiger partial charge in [0.15, 0.2) is 0 Å². The smallest absolute Gasteiger partial charge is 0.322 e. The molecule has 0 aromatic heterocycles. The zero-order chi connectivity index (χ0) is 14.8. The van der Waals surface area contributed by atoms with Crippen molar-refractivity contribution in [2.24, 2.45) is 0 Å². The average Bonchev–Trinajstić information content (AvgIpc) is 2.89. The third-order valence-corrected chi connectivity index (χ3v) is 5.36. The first-order valence-electron chi connectivity index (χ1n) is 7.08. The summed E-state index contributed by atoms with van der Waals surface area (Å²) >= 11 is 2.15. The summed E-state index contributed by atoms with van der Waals surface area (Å²) < 4.78 is 18.5. The molecule has 0 N–H and O–H groups in total. The zero-order valence-corrected chi connectivity index (χ0v) is 14.1. The fraction of sp³-hybridized carbons (Fsp3) is 0.562. The molecule has 1 aromatic rings. The van der Waals surface area contributed by atoms with Crippen LogP contribution in [0.1, 0.15) is 51.5 Å². The van der Waals surface area contributed by atoms with E-state index in [0.29, 0.717) is 0 Å². The van der Waals surface area contributed by atoms with Gasteiger partial charge in [-0.25, -0.2) is 4.39 Å². The van der Waals surface area contributed by atoms with E-state index in [9.17, 15) is 9.18 Å². The molecular formula is C16H20FIO2. The van der Waals surface area contributed by atoms with Crippen molar-refractivity contribution in [2.45, 2.75) is 55.0 Å². The highest BCUT2D eigenvalue weighted by Crippen LogP contribution is 2.43. The maximum absolute atomic E-state index is 13.1. The highest BCUT2D eigenvalue weighted by molar-refractivity contribution is 14.1. The van der Waals surface area contributed by atoms with Gasteiger partial charge in [0, 0.05) is 0 Å². The Morgan fingerprint density at radius 2 is 1.90 bits per heavy atom. The van der Waals surface area contributed by atoms with Crippen LogP contribution in [0, 0.1) is 5.82 Å². The lowest BCUT2D eigenvalue weighted by Gasteiger charge is -2.33. The minimum Gasteiger partial charge on any atom is -0.453 e. The highest BCUT2D eigenvalue weighted by atomic mass is 127. The second-order valence-electron chi connectivity index (χ2n) is 5.65. The monoisotopic (exact) mass is 390 g/mol. The van der Waals surface area contributed by atoms with Crippen LogP contribution in [0.2, 0.25) is 0 Å². The summed E-state index contributed by atoms with van der Waals surface area (Å²) in [6.45, 7) is 3.87. The van der Waals surface area contributed by atoms with E-state index in [0.717, 1.165) is 37.7 Å². The Hall–Kier alpha value is -0.650. The number of esters is 1. The summed E-state index contributed by atoms with van der Waals surface area (Å²) in [5.41, 5.74) is 0.347. The number of halogens is 2. The van der Waals surface area contributed by atoms with Gasteiger partial charge < -0.3 is 4.74 Å². The first-order chi connectivity index (χ1) is 9.39. The van der Waals surface area contributed by atoms with Gasteiger partial charge in [0.1, 0.15) is 14.8 Å². The molecule has 0 amide bonds. The molecular weight excluding hydrogens is 370 g/mol. The highest BCUT2D eigenvalue weighted by Gasteiger charge is 2.43. The number of benzene rings is 1. The van der Waals surface area contributed by atoms with Crippen LogP contribution in [0.25, 0.3) is 0 Å². The summed E-state index contributed by atoms with van der Waals surface area (Å²) in [6.07, 6.45) is 4.44. The Labute approximate surface area is 133 Å². The minimum atomic E-state index is -0.563. The molecule has 1 fully saturated rings. The van der Waals surface area contributed by atoms with Crippen LogP contribution in [0.3, 0.4) is 0 Å². The van der Waals surface area contributed by atoms with Crippen LogP contribution in [-0.4, -0.2) is 9.39 Å². The van der Waals surface area contributed by atoms with E-state index in [2.05, 4.69) is 22.6 Å². The number of hydrogen-bond acceptors (Lipinski definition) is 2. The van der Waals surface area contributed by atoms with Gasteiger partial charge in [-0.2, -0.15) is 0 Å². The number of hydrogen-bond donors (Lipinski definition) is 0. The van der Waals surface area contributed by atoms with Crippen molar-refractivity contribution in [3.05, 3.63) is 35.6 Å². The Morgan fingerprint density at radius 1 is 1.35 bits per heavy atom. The number of ether oxygens (including phenoxy) is 1. The number of alkyl halides is 1. The van der Waals surface area contributed by atoms with Gasteiger partial charge >= 0.3 is 5.97 Å². The molecule has 20 heavy (non-hydrogen) atoms. The van der Waals surface area contributed by atoms with Crippen LogP contribution in [0.4, 0.5) is 4.39 Å². The van der Waals surface area contributed by atoms with Gasteiger partial charge in [-0.15, -0.1) is 0 Å². The molecule has 4 heteroatoms. The predicted molar refractivity (Wildman–Crippen MR) is 85.4 cm³/mol. The summed E-state index contributed by atoms with van der Waals surface area (Å²) in [5.74, 6) is -0.438. The molecule has 2 nitrogen and oxygen atoms in total. The van der Waals surface area contributed by atoms with Gasteiger partial charge in [0.05, 0.1) is 0 Å². The van der Waals surface area contributed by atoms with Gasteiger partial charge in [0.25, 0.3) is 0 Å². The van der Waals surface area contributed by atoms with E-state index in [1.165, 1.54) is 12.1 Å². The van der Waals surface area contributed by atoms with Crippen molar-refractivity contribution in [3.63, 3.8) is 0 Å². The van der Waals surface area contributed by atoms with Crippen molar-refractivity contribution in [1.82, 2.24) is 0 Å². The molecule has 0 radical (unpaired) electrons. The Morgan fingerprint density at radius 3 is 2.40 bits per heavy atom. The molecule has 0 saturated heterocycles. The van der Waals surface area contributed by atoms with Crippen LogP contribution < -0.4 is 0 Å². The quantitative estimate of drug-likeness (QED) is 0.422. The van der Waals surface area contributed by atoms with Crippen molar-refractivity contribution in [3.8, 4) is 0 Å². The lowest BCUT2D eigenvalue weighted by atomic mass is 9.91. The van der Waals surface area contributed by atoms with Crippen molar-refractivity contribution < 1.29 is 13.9 Å².